The number of H-pyrrole nitrogens is 1. The summed E-state index contributed by atoms with van der Waals surface area (Å²) in [6, 6.07) is 10.2. The van der Waals surface area contributed by atoms with Crippen LogP contribution in [0.4, 0.5) is 0 Å². The summed E-state index contributed by atoms with van der Waals surface area (Å²) in [5, 5.41) is 10.5. The minimum Gasteiger partial charge on any atom is -0.393 e. The standard InChI is InChI=1S/C14H14N2O/c1-9(17)7-10-4-5-11-13(8-10)16-12-3-2-6-15-14(11)12/h2-6,8-9,16-17H,7H2,1H3. The molecule has 17 heavy (non-hydrogen) atoms. The Morgan fingerprint density at radius 1 is 1.29 bits per heavy atom. The second-order valence-electron chi connectivity index (χ2n) is 4.46. The molecule has 0 bridgehead atoms. The number of nitrogens with zero attached hydrogens (tertiary/aromatic N) is 1. The lowest BCUT2D eigenvalue weighted by Gasteiger charge is -2.03. The van der Waals surface area contributed by atoms with Crippen LogP contribution < -0.4 is 0 Å². The Morgan fingerprint density at radius 2 is 2.18 bits per heavy atom. The Hall–Kier alpha value is -1.87. The molecule has 1 atom stereocenters. The van der Waals surface area contributed by atoms with Crippen molar-refractivity contribution in [2.45, 2.75) is 19.4 Å². The van der Waals surface area contributed by atoms with Gasteiger partial charge in [-0.05, 0) is 37.1 Å². The molecular formula is C14H14N2O. The van der Waals surface area contributed by atoms with Crippen molar-refractivity contribution < 1.29 is 5.11 Å². The maximum Gasteiger partial charge on any atom is 0.0957 e. The Balaban J connectivity index is 2.20. The fourth-order valence-corrected chi connectivity index (χ4v) is 2.24. The monoisotopic (exact) mass is 226 g/mol. The summed E-state index contributed by atoms with van der Waals surface area (Å²) in [6.45, 7) is 1.80. The van der Waals surface area contributed by atoms with E-state index in [0.29, 0.717) is 6.42 Å². The quantitative estimate of drug-likeness (QED) is 0.705. The molecule has 0 fully saturated rings. The first-order chi connectivity index (χ1) is 8.24. The lowest BCUT2D eigenvalue weighted by Crippen LogP contribution is -2.03. The molecule has 0 aliphatic heterocycles. The van der Waals surface area contributed by atoms with Crippen LogP contribution in [-0.4, -0.2) is 21.2 Å². The van der Waals surface area contributed by atoms with E-state index in [-0.39, 0.29) is 6.10 Å². The van der Waals surface area contributed by atoms with Crippen LogP contribution in [0.25, 0.3) is 21.9 Å². The lowest BCUT2D eigenvalue weighted by atomic mass is 10.1. The number of aromatic nitrogens is 2. The van der Waals surface area contributed by atoms with Gasteiger partial charge in [-0.3, -0.25) is 4.98 Å². The Kier molecular flexibility index (Phi) is 2.34. The van der Waals surface area contributed by atoms with E-state index in [0.717, 1.165) is 27.5 Å². The molecule has 3 rings (SSSR count). The van der Waals surface area contributed by atoms with E-state index in [1.165, 1.54) is 0 Å². The summed E-state index contributed by atoms with van der Waals surface area (Å²) in [5.41, 5.74) is 4.28. The van der Waals surface area contributed by atoms with Gasteiger partial charge in [-0.2, -0.15) is 0 Å². The maximum atomic E-state index is 9.40. The van der Waals surface area contributed by atoms with Crippen LogP contribution in [0.3, 0.4) is 0 Å². The fraction of sp³-hybridized carbons (Fsp3) is 0.214. The third kappa shape index (κ3) is 1.78. The van der Waals surface area contributed by atoms with Gasteiger partial charge in [-0.15, -0.1) is 0 Å². The molecule has 0 spiro atoms. The SMILES string of the molecule is CC(O)Cc1ccc2c(c1)[nH]c1cccnc12. The third-order valence-electron chi connectivity index (χ3n) is 2.95. The van der Waals surface area contributed by atoms with Crippen molar-refractivity contribution in [3.05, 3.63) is 42.1 Å². The zero-order chi connectivity index (χ0) is 11.8. The predicted molar refractivity (Wildman–Crippen MR) is 69.0 cm³/mol. The molecule has 1 unspecified atom stereocenters. The topological polar surface area (TPSA) is 48.9 Å². The number of aromatic amines is 1. The number of benzene rings is 1. The molecule has 0 radical (unpaired) electrons. The average Bonchev–Trinajstić information content (AvgIpc) is 2.65. The highest BCUT2D eigenvalue weighted by atomic mass is 16.3. The molecule has 1 aromatic carbocycles. The van der Waals surface area contributed by atoms with Crippen molar-refractivity contribution in [3.63, 3.8) is 0 Å². The van der Waals surface area contributed by atoms with Crippen molar-refractivity contribution in [2.24, 2.45) is 0 Å². The largest absolute Gasteiger partial charge is 0.393 e. The molecule has 2 aromatic heterocycles. The van der Waals surface area contributed by atoms with E-state index < -0.39 is 0 Å². The summed E-state index contributed by atoms with van der Waals surface area (Å²) in [6.07, 6.45) is 2.17. The van der Waals surface area contributed by atoms with Gasteiger partial charge in [0.25, 0.3) is 0 Å². The Bertz CT molecular complexity index is 670. The van der Waals surface area contributed by atoms with Gasteiger partial charge in [-0.25, -0.2) is 0 Å². The number of hydrogen-bond donors (Lipinski definition) is 2. The lowest BCUT2D eigenvalue weighted by molar-refractivity contribution is 0.195. The summed E-state index contributed by atoms with van der Waals surface area (Å²) in [4.78, 5) is 7.73. The second kappa shape index (κ2) is 3.86. The first-order valence-corrected chi connectivity index (χ1v) is 5.77. The van der Waals surface area contributed by atoms with Gasteiger partial charge in [0.15, 0.2) is 0 Å². The second-order valence-corrected chi connectivity index (χ2v) is 4.46. The minimum absolute atomic E-state index is 0.310. The summed E-state index contributed by atoms with van der Waals surface area (Å²) < 4.78 is 0. The number of aliphatic hydroxyl groups is 1. The molecule has 2 N–H and O–H groups in total. The van der Waals surface area contributed by atoms with Gasteiger partial charge in [0.1, 0.15) is 0 Å². The van der Waals surface area contributed by atoms with Gasteiger partial charge in [0, 0.05) is 17.1 Å². The van der Waals surface area contributed by atoms with Crippen LogP contribution in [-0.2, 0) is 6.42 Å². The zero-order valence-electron chi connectivity index (χ0n) is 9.64. The van der Waals surface area contributed by atoms with Crippen molar-refractivity contribution in [1.29, 1.82) is 0 Å². The molecule has 0 saturated carbocycles. The predicted octanol–water partition coefficient (Wildman–Crippen LogP) is 2.64. The molecule has 2 heterocycles. The van der Waals surface area contributed by atoms with E-state index in [1.807, 2.05) is 12.1 Å². The maximum absolute atomic E-state index is 9.40. The molecule has 0 aliphatic carbocycles. The molecule has 0 amide bonds. The number of rotatable bonds is 2. The molecule has 86 valence electrons. The molecule has 0 saturated heterocycles. The molecule has 0 aliphatic rings. The van der Waals surface area contributed by atoms with Crippen LogP contribution in [0.5, 0.6) is 0 Å². The van der Waals surface area contributed by atoms with Gasteiger partial charge >= 0.3 is 0 Å². The van der Waals surface area contributed by atoms with E-state index in [4.69, 9.17) is 0 Å². The van der Waals surface area contributed by atoms with E-state index >= 15 is 0 Å². The van der Waals surface area contributed by atoms with E-state index in [2.05, 4.69) is 28.2 Å². The zero-order valence-corrected chi connectivity index (χ0v) is 9.64. The van der Waals surface area contributed by atoms with Crippen LogP contribution in [0.1, 0.15) is 12.5 Å². The van der Waals surface area contributed by atoms with Crippen molar-refractivity contribution in [1.82, 2.24) is 9.97 Å². The van der Waals surface area contributed by atoms with Crippen molar-refractivity contribution in [3.8, 4) is 0 Å². The van der Waals surface area contributed by atoms with Gasteiger partial charge in [0.05, 0.1) is 17.1 Å². The first-order valence-electron chi connectivity index (χ1n) is 5.77. The number of fused-ring (bicyclic) bond motifs is 3. The number of aliphatic hydroxyl groups excluding tert-OH is 1. The highest BCUT2D eigenvalue weighted by Crippen LogP contribution is 2.24. The average molecular weight is 226 g/mol. The van der Waals surface area contributed by atoms with E-state index in [1.54, 1.807) is 13.1 Å². The van der Waals surface area contributed by atoms with Crippen LogP contribution in [0.15, 0.2) is 36.5 Å². The normalized spacial score (nSPS) is 13.3. The summed E-state index contributed by atoms with van der Waals surface area (Å²) in [5.74, 6) is 0. The van der Waals surface area contributed by atoms with E-state index in [9.17, 15) is 5.11 Å². The number of pyridine rings is 1. The number of hydrogen-bond acceptors (Lipinski definition) is 2. The fourth-order valence-electron chi connectivity index (χ4n) is 2.24. The smallest absolute Gasteiger partial charge is 0.0957 e. The number of nitrogens with one attached hydrogen (secondary N) is 1. The molecular weight excluding hydrogens is 212 g/mol. The highest BCUT2D eigenvalue weighted by molar-refractivity contribution is 6.04. The van der Waals surface area contributed by atoms with Gasteiger partial charge in [0.2, 0.25) is 0 Å². The first kappa shape index (κ1) is 10.3. The molecule has 3 heteroatoms. The Morgan fingerprint density at radius 3 is 3.00 bits per heavy atom. The van der Waals surface area contributed by atoms with Gasteiger partial charge in [-0.1, -0.05) is 12.1 Å². The Labute approximate surface area is 99.1 Å². The summed E-state index contributed by atoms with van der Waals surface area (Å²) >= 11 is 0. The van der Waals surface area contributed by atoms with Crippen LogP contribution in [0, 0.1) is 0 Å². The third-order valence-corrected chi connectivity index (χ3v) is 2.95. The van der Waals surface area contributed by atoms with Crippen LogP contribution >= 0.6 is 0 Å². The van der Waals surface area contributed by atoms with Gasteiger partial charge < -0.3 is 10.1 Å². The highest BCUT2D eigenvalue weighted by Gasteiger charge is 2.06. The minimum atomic E-state index is -0.310. The van der Waals surface area contributed by atoms with Crippen molar-refractivity contribution in [2.75, 3.05) is 0 Å². The van der Waals surface area contributed by atoms with Crippen molar-refractivity contribution >= 4 is 21.9 Å². The molecule has 3 aromatic rings. The molecule has 3 nitrogen and oxygen atoms in total. The van der Waals surface area contributed by atoms with Crippen LogP contribution in [0.2, 0.25) is 0 Å². The summed E-state index contributed by atoms with van der Waals surface area (Å²) in [7, 11) is 0.